The van der Waals surface area contributed by atoms with E-state index in [1.54, 1.807) is 0 Å². The number of halogens is 10. The van der Waals surface area contributed by atoms with Crippen molar-refractivity contribution >= 4 is 57.1 Å². The van der Waals surface area contributed by atoms with E-state index in [1.165, 1.54) is 72.8 Å². The molecule has 2 saturated heterocycles. The summed E-state index contributed by atoms with van der Waals surface area (Å²) < 4.78 is 514. The standard InChI is InChI=1S/C41H40F5N3O3S.C40H38F5N3O3S/c1-27-22-29(28-12-14-32(15-13-28)41(44,45)46)10-11-30(27)24-48(33-16-18-47(19-17-33)20-21-52-2)38(51)25-49-36-9-4-3-7-34(36)37(50)23-39(49)53-26-31-6-5-8-35(42)40(31)43;1-51-22-21-46-19-17-32(18-20-46)47(24-27-9-11-28(12-10-27)29-13-15-31(16-14-29)40(43,44)45)37(50)25-48-35-8-3-2-6-33(35)36(49)23-38(48)52-26-30-5-4-7-34(41)39(30)42/h3-15,22-23,33H,16-21,24-26H2,1-2H3;2-16,23,32H,17-22,24-26H2,1H3/i3D,4D,5D,6D,7D,8D,9D,10D,11D,12D,13D,14D,15D,16D2,17D2,18D2,19D2,21D2,22D,23D,25D2,33D;17D2,18D2,19D2,20D2,22D2,25D2,32D. The molecular weight excluding hydrogens is 1410 g/mol. The Morgan fingerprint density at radius 3 is 1.71 bits per heavy atom. The molecule has 0 N–H and O–H groups in total. The molecule has 0 saturated carbocycles. The van der Waals surface area contributed by atoms with Crippen LogP contribution in [0.1, 0.15) is 121 Å². The van der Waals surface area contributed by atoms with Gasteiger partial charge in [0.15, 0.2) is 34.1 Å². The predicted molar refractivity (Wildman–Crippen MR) is 391 cm³/mol. The second-order valence-corrected chi connectivity index (χ2v) is 23.6. The quantitative estimate of drug-likeness (QED) is 0.0428. The molecule has 2 aliphatic rings. The van der Waals surface area contributed by atoms with Gasteiger partial charge in [-0.1, -0.05) is 115 Å². The Morgan fingerprint density at radius 1 is 0.543 bits per heavy atom. The lowest BCUT2D eigenvalue weighted by atomic mass is 9.97. The molecular formula is C81H78F10N6O6S2. The summed E-state index contributed by atoms with van der Waals surface area (Å²) in [6.45, 7) is -36.3. The number of aromatic nitrogens is 2. The summed E-state index contributed by atoms with van der Waals surface area (Å²) in [6, 6.07) is -11.8. The Balaban J connectivity index is 0.000000284. The van der Waals surface area contributed by atoms with Crippen LogP contribution in [0, 0.1) is 30.2 Å². The number of para-hydroxylation sites is 2. The van der Waals surface area contributed by atoms with E-state index in [0.29, 0.717) is 29.0 Å². The third-order valence-electron chi connectivity index (χ3n) is 14.9. The largest absolute Gasteiger partial charge is 0.416 e. The third-order valence-corrected chi connectivity index (χ3v) is 16.9. The van der Waals surface area contributed by atoms with Gasteiger partial charge in [0, 0.05) is 146 Å². The molecule has 24 heteroatoms. The SMILES string of the molecule is [2H]C([2H])(CN1C([2H])([2H])C([2H])([2H])C([2H])(N(Cc2ccc(-c3ccc(C(F)(F)F)cc3)cc2)C(=O)C([2H])([2H])n2c(SCc3cccc(F)c3F)cc(=O)c3ccccc32)C([2H])([2H])C1([2H])[2H])OC.[2H]c1c([2H])c(F)c(F)c(CSc2c([2H])c(=O)c3c([2H])c([2H])c([2H])c([2H])c3n2C([2H])([2H])C(=O)N(Cc2c([2H])c([2H])c(-c3c([2H])c([2H])c(C(F)(F)F)c([2H])c3[2H])c([2H])c2C)C2([2H])C([2H])([2H])C([2H])([2H])N(CC([2H])([2H])OC)C([2H])([2H])C2([2H])[2H])c1[2H]. The number of carbonyl (C=O) groups excluding carboxylic acids is 2. The number of likely N-dealkylation sites (tertiary alicyclic amines) is 2. The summed E-state index contributed by atoms with van der Waals surface area (Å²) >= 11 is 0.390. The average Bonchev–Trinajstić information content (AvgIpc) is 0.667. The molecule has 0 aliphatic carbocycles. The van der Waals surface area contributed by atoms with Gasteiger partial charge in [-0.15, -0.1) is 23.5 Å². The molecule has 10 aromatic rings. The first-order valence-electron chi connectivity index (χ1n) is 50.7. The zero-order valence-corrected chi connectivity index (χ0v) is 55.8. The summed E-state index contributed by atoms with van der Waals surface area (Å²) in [6.07, 6.45) is -27.6. The molecule has 0 atom stereocenters. The number of fused-ring (bicyclic) bond motifs is 2. The van der Waals surface area contributed by atoms with Crippen molar-refractivity contribution in [2.24, 2.45) is 0 Å². The van der Waals surface area contributed by atoms with E-state index in [4.69, 9.17) is 37.0 Å². The Labute approximate surface area is 667 Å². The summed E-state index contributed by atoms with van der Waals surface area (Å²) in [4.78, 5) is 57.5. The van der Waals surface area contributed by atoms with Crippen molar-refractivity contribution in [3.63, 3.8) is 0 Å². The van der Waals surface area contributed by atoms with Crippen LogP contribution in [0.15, 0.2) is 207 Å². The maximum Gasteiger partial charge on any atom is 0.416 e. The van der Waals surface area contributed by atoms with E-state index in [9.17, 15) is 68.3 Å². The molecule has 2 aliphatic heterocycles. The molecule has 105 heavy (non-hydrogen) atoms. The lowest BCUT2D eigenvalue weighted by Gasteiger charge is -2.39. The zero-order chi connectivity index (χ0) is 111. The van der Waals surface area contributed by atoms with E-state index < -0.39 is 346 Å². The van der Waals surface area contributed by atoms with Crippen LogP contribution in [0.3, 0.4) is 0 Å². The first-order chi connectivity index (χ1) is 66.4. The van der Waals surface area contributed by atoms with Gasteiger partial charge < -0.3 is 38.2 Å². The number of nitrogens with zero attached hydrogens (tertiary/aromatic N) is 6. The van der Waals surface area contributed by atoms with Gasteiger partial charge in [-0.05, 0) is 132 Å². The van der Waals surface area contributed by atoms with Crippen LogP contribution in [-0.4, -0.2) is 119 Å². The number of piperidine rings is 2. The minimum absolute atomic E-state index is 0.0222. The van der Waals surface area contributed by atoms with Crippen molar-refractivity contribution in [2.75, 3.05) is 66.4 Å². The highest BCUT2D eigenvalue weighted by molar-refractivity contribution is 7.98. The van der Waals surface area contributed by atoms with Crippen LogP contribution < -0.4 is 10.9 Å². The number of benzene rings is 8. The van der Waals surface area contributed by atoms with Crippen LogP contribution in [-0.2, 0) is 69.0 Å². The second kappa shape index (κ2) is 34.9. The van der Waals surface area contributed by atoms with E-state index in [-0.39, 0.29) is 53.7 Å². The molecule has 0 radical (unpaired) electrons. The highest BCUT2D eigenvalue weighted by Gasteiger charge is 2.34. The summed E-state index contributed by atoms with van der Waals surface area (Å²) in [5.74, 6) is -12.9. The molecule has 0 bridgehead atoms. The number of carbonyl (C=O) groups is 2. The number of ether oxygens (including phenoxy) is 2. The van der Waals surface area contributed by atoms with Crippen LogP contribution in [0.25, 0.3) is 44.1 Å². The second-order valence-electron chi connectivity index (χ2n) is 21.7. The normalized spacial score (nSPS) is 24.8. The van der Waals surface area contributed by atoms with Gasteiger partial charge in [-0.2, -0.15) is 26.3 Å². The number of thioether (sulfide) groups is 2. The van der Waals surface area contributed by atoms with Gasteiger partial charge in [0.2, 0.25) is 11.8 Å². The van der Waals surface area contributed by atoms with Crippen molar-refractivity contribution in [3.8, 4) is 22.3 Å². The lowest BCUT2D eigenvalue weighted by molar-refractivity contribution is -0.138. The van der Waals surface area contributed by atoms with Gasteiger partial charge in [0.1, 0.15) is 13.0 Å². The fourth-order valence-electron chi connectivity index (χ4n) is 9.58. The molecule has 12 nitrogen and oxygen atoms in total. The zero-order valence-electron chi connectivity index (χ0n) is 95.2. The van der Waals surface area contributed by atoms with Gasteiger partial charge in [-0.3, -0.25) is 19.2 Å². The van der Waals surface area contributed by atoms with Crippen molar-refractivity contribution < 1.29 is 119 Å². The van der Waals surface area contributed by atoms with Crippen molar-refractivity contribution in [1.82, 2.24) is 28.7 Å². The molecule has 4 heterocycles. The number of hydrogen-bond donors (Lipinski definition) is 0. The fourth-order valence-corrected chi connectivity index (χ4v) is 11.5. The highest BCUT2D eigenvalue weighted by atomic mass is 32.2. The summed E-state index contributed by atoms with van der Waals surface area (Å²) in [5.41, 5.74) is -12.4. The van der Waals surface area contributed by atoms with Gasteiger partial charge in [0.05, 0.1) is 79.6 Å². The predicted octanol–water partition coefficient (Wildman–Crippen LogP) is 17.1. The lowest BCUT2D eigenvalue weighted by Crippen LogP contribution is -2.48. The first kappa shape index (κ1) is 40.1. The maximum atomic E-state index is 15.9. The topological polar surface area (TPSA) is 110 Å². The number of alkyl halides is 6. The first-order valence-corrected chi connectivity index (χ1v) is 32.2. The van der Waals surface area contributed by atoms with Gasteiger partial charge in [0.25, 0.3) is 0 Å². The van der Waals surface area contributed by atoms with Crippen molar-refractivity contribution in [2.45, 2.75) is 104 Å². The summed E-state index contributed by atoms with van der Waals surface area (Å²) in [7, 11) is 1.52. The highest BCUT2D eigenvalue weighted by Crippen LogP contribution is 2.36. The minimum Gasteiger partial charge on any atom is -0.383 e. The Morgan fingerprint density at radius 2 is 1.10 bits per heavy atom. The van der Waals surface area contributed by atoms with E-state index in [0.717, 1.165) is 38.3 Å². The molecule has 0 unspecified atom stereocenters. The van der Waals surface area contributed by atoms with E-state index >= 15 is 14.0 Å². The average molecular weight is 1530 g/mol. The number of rotatable bonds is 24. The fraction of sp³-hybridized carbons (Fsp3) is 0.309. The molecule has 2 aromatic heterocycles. The molecule has 8 aromatic carbocycles. The summed E-state index contributed by atoms with van der Waals surface area (Å²) in [5, 5.41) is -3.26. The minimum atomic E-state index is -5.51. The Hall–Kier alpha value is -9.04. The van der Waals surface area contributed by atoms with Crippen LogP contribution >= 0.6 is 23.5 Å². The Kier molecular flexibility index (Phi) is 13.3. The maximum absolute atomic E-state index is 15.9. The number of pyridine rings is 2. The molecule has 2 amide bonds. The van der Waals surface area contributed by atoms with E-state index in [1.807, 2.05) is 0 Å². The number of methoxy groups -OCH3 is 2. The number of amides is 2. The van der Waals surface area contributed by atoms with Gasteiger partial charge >= 0.3 is 12.4 Å². The monoisotopic (exact) mass is 1530 g/mol. The van der Waals surface area contributed by atoms with Crippen LogP contribution in [0.5, 0.6) is 0 Å². The van der Waals surface area contributed by atoms with E-state index in [2.05, 4.69) is 9.47 Å². The molecule has 12 rings (SSSR count). The van der Waals surface area contributed by atoms with Crippen LogP contribution in [0.2, 0.25) is 0 Å². The number of hydrogen-bond acceptors (Lipinski definition) is 10. The van der Waals surface area contributed by atoms with Crippen molar-refractivity contribution in [3.05, 3.63) is 270 Å². The third kappa shape index (κ3) is 19.3. The van der Waals surface area contributed by atoms with Gasteiger partial charge in [-0.25, -0.2) is 17.6 Å². The smallest absolute Gasteiger partial charge is 0.383 e. The molecule has 2 fully saturated rings. The van der Waals surface area contributed by atoms with Crippen LogP contribution in [0.4, 0.5) is 43.9 Å². The molecule has 0 spiro atoms. The Bertz CT molecular complexity index is 6930. The van der Waals surface area contributed by atoms with Crippen molar-refractivity contribution in [1.29, 1.82) is 0 Å². The molecule has 550 valence electrons.